The summed E-state index contributed by atoms with van der Waals surface area (Å²) in [5.74, 6) is -2.04. The van der Waals surface area contributed by atoms with Gasteiger partial charge in [-0.3, -0.25) is 38.9 Å². The Hall–Kier alpha value is -6.32. The number of imide groups is 1. The fraction of sp³-hybridized carbons (Fsp3) is 0.333. The number of aromatic nitrogens is 3. The van der Waals surface area contributed by atoms with Crippen molar-refractivity contribution in [2.24, 2.45) is 0 Å². The minimum atomic E-state index is -0.771. The van der Waals surface area contributed by atoms with Gasteiger partial charge in [0.1, 0.15) is 11.7 Å². The van der Waals surface area contributed by atoms with E-state index in [0.29, 0.717) is 47.6 Å². The molecule has 0 bridgehead atoms. The summed E-state index contributed by atoms with van der Waals surface area (Å²) in [6.07, 6.45) is 6.80. The van der Waals surface area contributed by atoms with E-state index in [1.807, 2.05) is 42.6 Å². The molecule has 3 aliphatic rings. The molecule has 2 fully saturated rings. The molecule has 2 aromatic heterocycles. The molecule has 14 nitrogen and oxygen atoms in total. The summed E-state index contributed by atoms with van der Waals surface area (Å²) in [5.41, 5.74) is 5.55. The molecule has 2 saturated heterocycles. The van der Waals surface area contributed by atoms with Gasteiger partial charge in [-0.05, 0) is 71.5 Å². The Balaban J connectivity index is 0.945. The molecule has 0 radical (unpaired) electrons. The summed E-state index contributed by atoms with van der Waals surface area (Å²) in [6, 6.07) is 17.9. The highest BCUT2D eigenvalue weighted by Gasteiger charge is 2.29. The lowest BCUT2D eigenvalue weighted by atomic mass is 9.93. The van der Waals surface area contributed by atoms with Crippen molar-refractivity contribution in [3.63, 3.8) is 0 Å². The predicted molar refractivity (Wildman–Crippen MR) is 230 cm³/mol. The molecule has 5 aromatic rings. The zero-order valence-corrected chi connectivity index (χ0v) is 34.8. The maximum atomic E-state index is 16.6. The molecule has 316 valence electrons. The summed E-state index contributed by atoms with van der Waals surface area (Å²) in [7, 11) is 3.31. The van der Waals surface area contributed by atoms with Crippen LogP contribution >= 0.6 is 11.6 Å². The number of carbonyl (C=O) groups excluding carboxylic acids is 5. The molecule has 0 saturated carbocycles. The third-order valence-corrected chi connectivity index (χ3v) is 11.9. The molecule has 8 rings (SSSR count). The van der Waals surface area contributed by atoms with Crippen molar-refractivity contribution in [3.05, 3.63) is 112 Å². The summed E-state index contributed by atoms with van der Waals surface area (Å²) >= 11 is 6.68. The first-order valence-electron chi connectivity index (χ1n) is 20.4. The number of nitrogens with one attached hydrogen (secondary N) is 3. The first-order chi connectivity index (χ1) is 29.4. The predicted octanol–water partition coefficient (Wildman–Crippen LogP) is 5.09. The zero-order chi connectivity index (χ0) is 42.8. The van der Waals surface area contributed by atoms with Crippen molar-refractivity contribution in [1.29, 1.82) is 0 Å². The maximum absolute atomic E-state index is 16.6. The minimum Gasteiger partial charge on any atom is -0.368 e. The molecular formula is C45H47ClFN9O5. The van der Waals surface area contributed by atoms with E-state index in [1.165, 1.54) is 4.90 Å². The fourth-order valence-electron chi connectivity index (χ4n) is 8.21. The Bertz CT molecular complexity index is 2530. The number of hydrogen-bond acceptors (Lipinski definition) is 8. The lowest BCUT2D eigenvalue weighted by Gasteiger charge is -2.36. The van der Waals surface area contributed by atoms with Crippen LogP contribution in [0.1, 0.15) is 57.7 Å². The van der Waals surface area contributed by atoms with E-state index in [2.05, 4.69) is 42.6 Å². The topological polar surface area (TPSA) is 156 Å². The van der Waals surface area contributed by atoms with Gasteiger partial charge in [-0.2, -0.15) is 5.10 Å². The average Bonchev–Trinajstić information content (AvgIpc) is 3.96. The first-order valence-corrected chi connectivity index (χ1v) is 20.8. The number of piperazine rings is 1. The van der Waals surface area contributed by atoms with Gasteiger partial charge < -0.3 is 25.0 Å². The highest BCUT2D eigenvalue weighted by atomic mass is 35.5. The number of halogens is 2. The van der Waals surface area contributed by atoms with Crippen LogP contribution < -0.4 is 15.5 Å². The molecule has 0 spiro atoms. The van der Waals surface area contributed by atoms with E-state index in [-0.39, 0.29) is 54.7 Å². The lowest BCUT2D eigenvalue weighted by molar-refractivity contribution is -0.134. The lowest BCUT2D eigenvalue weighted by Crippen LogP contribution is -2.52. The number of carbonyl (C=O) groups is 5. The number of piperidine rings is 1. The van der Waals surface area contributed by atoms with Crippen molar-refractivity contribution in [3.8, 4) is 11.1 Å². The maximum Gasteiger partial charge on any atom is 0.269 e. The molecular weight excluding hydrogens is 801 g/mol. The molecule has 1 atom stereocenters. The Morgan fingerprint density at radius 1 is 0.984 bits per heavy atom. The first kappa shape index (κ1) is 41.4. The van der Waals surface area contributed by atoms with Crippen LogP contribution in [0, 0.1) is 5.82 Å². The number of hydrogen-bond donors (Lipinski definition) is 3. The number of anilines is 1. The van der Waals surface area contributed by atoms with Crippen molar-refractivity contribution >= 4 is 63.3 Å². The molecule has 1 unspecified atom stereocenters. The monoisotopic (exact) mass is 847 g/mol. The number of aryl methyl sites for hydroxylation is 1. The largest absolute Gasteiger partial charge is 0.368 e. The van der Waals surface area contributed by atoms with E-state index in [1.54, 1.807) is 48.1 Å². The summed E-state index contributed by atoms with van der Waals surface area (Å²) in [4.78, 5) is 73.6. The van der Waals surface area contributed by atoms with Gasteiger partial charge in [-0.1, -0.05) is 41.9 Å². The van der Waals surface area contributed by atoms with Gasteiger partial charge in [-0.25, -0.2) is 4.39 Å². The number of aromatic amines is 1. The second kappa shape index (κ2) is 17.7. The summed E-state index contributed by atoms with van der Waals surface area (Å²) in [5, 5.41) is 10.2. The Morgan fingerprint density at radius 2 is 1.77 bits per heavy atom. The van der Waals surface area contributed by atoms with Crippen LogP contribution in [0.15, 0.2) is 79.1 Å². The number of H-pyrrole nitrogens is 1. The van der Waals surface area contributed by atoms with E-state index in [0.717, 1.165) is 54.1 Å². The third-order valence-electron chi connectivity index (χ3n) is 11.6. The van der Waals surface area contributed by atoms with Crippen LogP contribution in [0.2, 0.25) is 5.02 Å². The highest BCUT2D eigenvalue weighted by molar-refractivity contribution is 6.33. The third kappa shape index (κ3) is 9.08. The summed E-state index contributed by atoms with van der Waals surface area (Å²) < 4.78 is 18.3. The minimum absolute atomic E-state index is 0.0210. The van der Waals surface area contributed by atoms with Gasteiger partial charge in [0.15, 0.2) is 5.82 Å². The molecule has 5 heterocycles. The number of fused-ring (bicyclic) bond motifs is 1. The smallest absolute Gasteiger partial charge is 0.269 e. The van der Waals surface area contributed by atoms with Gasteiger partial charge in [0, 0.05) is 108 Å². The van der Waals surface area contributed by atoms with Crippen molar-refractivity contribution in [1.82, 2.24) is 40.1 Å². The Kier molecular flexibility index (Phi) is 12.0. The van der Waals surface area contributed by atoms with Crippen LogP contribution in [-0.4, -0.2) is 118 Å². The van der Waals surface area contributed by atoms with E-state index < -0.39 is 23.7 Å². The number of nitrogens with zero attached hydrogens (tertiary/aromatic N) is 6. The second-order valence-corrected chi connectivity index (χ2v) is 16.3. The normalized spacial score (nSPS) is 17.3. The molecule has 16 heteroatoms. The molecule has 0 aliphatic carbocycles. The van der Waals surface area contributed by atoms with Crippen LogP contribution in [0.25, 0.3) is 27.6 Å². The van der Waals surface area contributed by atoms with Crippen LogP contribution in [0.5, 0.6) is 0 Å². The van der Waals surface area contributed by atoms with Crippen molar-refractivity contribution in [2.45, 2.75) is 44.8 Å². The fourth-order valence-corrected chi connectivity index (χ4v) is 8.51. The van der Waals surface area contributed by atoms with Gasteiger partial charge in [0.2, 0.25) is 17.7 Å². The number of benzene rings is 3. The van der Waals surface area contributed by atoms with Crippen molar-refractivity contribution < 1.29 is 28.4 Å². The van der Waals surface area contributed by atoms with Gasteiger partial charge >= 0.3 is 0 Å². The Morgan fingerprint density at radius 3 is 2.48 bits per heavy atom. The average molecular weight is 848 g/mol. The molecule has 3 aromatic carbocycles. The molecule has 3 aliphatic heterocycles. The van der Waals surface area contributed by atoms with Gasteiger partial charge in [0.25, 0.3) is 11.8 Å². The molecule has 5 amide bonds. The SMILES string of the molecule is CN(C)C(=O)c1cc2c(-c3ccc(CN4CCN(c5ccc(C(=O)NC6CCC(=O)NC6=O)cc5Cl)CC4)cc3)cc(C3=CCCN(C(=O)CCn4cccn4)C3)c(F)c2[nH]1. The quantitative estimate of drug-likeness (QED) is 0.156. The van der Waals surface area contributed by atoms with Crippen LogP contribution in [0.4, 0.5) is 10.1 Å². The van der Waals surface area contributed by atoms with E-state index >= 15 is 4.39 Å². The van der Waals surface area contributed by atoms with Crippen LogP contribution in [0.3, 0.4) is 0 Å². The van der Waals surface area contributed by atoms with Crippen molar-refractivity contribution in [2.75, 3.05) is 58.3 Å². The number of amides is 5. The number of rotatable bonds is 11. The van der Waals surface area contributed by atoms with Gasteiger partial charge in [0.05, 0.1) is 16.2 Å². The summed E-state index contributed by atoms with van der Waals surface area (Å²) in [6.45, 7) is 5.01. The highest BCUT2D eigenvalue weighted by Crippen LogP contribution is 2.37. The standard InChI is InChI=1S/C45H47ClFN9O5/c1-52(2)45(61)37-25-34-32(24-33(41(47)42(34)49-37)31-5-3-16-55(27-31)40(58)14-18-56-17-4-15-48-56)29-8-6-28(7-9-29)26-53-19-21-54(22-20-53)38-12-10-30(23-35(38)46)43(59)50-36-11-13-39(57)51-44(36)60/h4-10,12,15,17,23-25,36,49H,3,11,13-14,16,18-22,26-27H2,1-2H3,(H,50,59)(H,51,57,60). The zero-order valence-electron chi connectivity index (χ0n) is 34.0. The Labute approximate surface area is 357 Å². The van der Waals surface area contributed by atoms with Crippen LogP contribution in [-0.2, 0) is 27.5 Å². The van der Waals surface area contributed by atoms with E-state index in [4.69, 9.17) is 11.6 Å². The second-order valence-electron chi connectivity index (χ2n) is 15.9. The molecule has 3 N–H and O–H groups in total. The van der Waals surface area contributed by atoms with E-state index in [9.17, 15) is 24.0 Å². The van der Waals surface area contributed by atoms with Gasteiger partial charge in [-0.15, -0.1) is 0 Å². The molecule has 61 heavy (non-hydrogen) atoms.